The van der Waals surface area contributed by atoms with Crippen LogP contribution in [0.3, 0.4) is 0 Å². The van der Waals surface area contributed by atoms with Crippen LogP contribution in [0.15, 0.2) is 0 Å². The summed E-state index contributed by atoms with van der Waals surface area (Å²) in [5, 5.41) is 82.3. The molecule has 0 aromatic rings. The first-order valence-corrected chi connectivity index (χ1v) is 13.8. The van der Waals surface area contributed by atoms with Gasteiger partial charge in [0.25, 0.3) is 0 Å². The molecule has 0 radical (unpaired) electrons. The molecule has 42 heavy (non-hydrogen) atoms. The zero-order valence-electron chi connectivity index (χ0n) is 22.7. The van der Waals surface area contributed by atoms with E-state index in [9.17, 15) is 40.9 Å². The predicted molar refractivity (Wildman–Crippen MR) is 136 cm³/mol. The number of aliphatic hydroxyl groups is 8. The maximum atomic E-state index is 11.1. The standard InChI is InChI=1S/C23H45N5O14/c24-2-7-13(32)15(34)10(27)21(37-7)41-19-9(4-30)39-23(17(19)36)42-20-12(31)5(25)1-6(26)18(20)40-22-11(28)16(35)14(33)8(3-29)38-22/h5-23,29-36H,1-4,24-28H2/t5-,6?,7+,8?,9-,10?,11?,12?,13-,14+,15?,16-,17?,18+,19+,20-,21-,22+,23+/m1/s1. The van der Waals surface area contributed by atoms with E-state index in [1.54, 1.807) is 0 Å². The molecule has 3 saturated heterocycles. The molecule has 18 N–H and O–H groups in total. The van der Waals surface area contributed by atoms with Crippen LogP contribution in [0.25, 0.3) is 0 Å². The Morgan fingerprint density at radius 1 is 0.524 bits per heavy atom. The molecule has 0 amide bonds. The van der Waals surface area contributed by atoms with Crippen molar-refractivity contribution in [3.63, 3.8) is 0 Å². The first-order chi connectivity index (χ1) is 19.8. The summed E-state index contributed by atoms with van der Waals surface area (Å²) in [5.41, 5.74) is 29.9. The Bertz CT molecular complexity index is 866. The Kier molecular flexibility index (Phi) is 11.5. The second kappa shape index (κ2) is 14.1. The summed E-state index contributed by atoms with van der Waals surface area (Å²) >= 11 is 0. The van der Waals surface area contributed by atoms with Gasteiger partial charge in [-0.2, -0.15) is 0 Å². The second-order valence-electron chi connectivity index (χ2n) is 11.2. The minimum atomic E-state index is -1.62. The summed E-state index contributed by atoms with van der Waals surface area (Å²) in [5.74, 6) is 0. The number of hydrogen-bond donors (Lipinski definition) is 13. The van der Waals surface area contributed by atoms with Gasteiger partial charge < -0.3 is 97.9 Å². The first-order valence-electron chi connectivity index (χ1n) is 13.8. The van der Waals surface area contributed by atoms with Crippen LogP contribution in [0.5, 0.6) is 0 Å². The molecule has 4 aliphatic rings. The van der Waals surface area contributed by atoms with Crippen LogP contribution in [0.1, 0.15) is 6.42 Å². The Hall–Kier alpha value is -0.760. The lowest BCUT2D eigenvalue weighted by Gasteiger charge is -2.47. The van der Waals surface area contributed by atoms with Crippen molar-refractivity contribution in [2.24, 2.45) is 28.7 Å². The van der Waals surface area contributed by atoms with Crippen molar-refractivity contribution < 1.29 is 69.3 Å². The van der Waals surface area contributed by atoms with E-state index in [1.165, 1.54) is 0 Å². The SMILES string of the molecule is NC[C@@H]1O[C@H](O[C@@H]2C(O)[C@H](O[C@@H]3C(O)[C@H](N)CC(N)[C@@H]3O[C@@H]3OC(CO)[C@H](O)[C@H](O)C3N)O[C@@H]2CO)C(N)C(O)[C@@H]1O. The molecule has 3 aliphatic heterocycles. The van der Waals surface area contributed by atoms with Gasteiger partial charge in [0, 0.05) is 18.6 Å². The largest absolute Gasteiger partial charge is 0.394 e. The summed E-state index contributed by atoms with van der Waals surface area (Å²) in [4.78, 5) is 0. The van der Waals surface area contributed by atoms with Crippen LogP contribution >= 0.6 is 0 Å². The van der Waals surface area contributed by atoms with Crippen molar-refractivity contribution >= 4 is 0 Å². The molecular weight excluding hydrogens is 570 g/mol. The maximum absolute atomic E-state index is 11.1. The molecule has 19 atom stereocenters. The highest BCUT2D eigenvalue weighted by molar-refractivity contribution is 5.02. The van der Waals surface area contributed by atoms with Crippen molar-refractivity contribution in [3.8, 4) is 0 Å². The number of ether oxygens (including phenoxy) is 6. The van der Waals surface area contributed by atoms with E-state index in [-0.39, 0.29) is 13.0 Å². The average molecular weight is 616 g/mol. The Labute approximate surface area is 240 Å². The van der Waals surface area contributed by atoms with E-state index in [4.69, 9.17) is 57.1 Å². The van der Waals surface area contributed by atoms with Crippen molar-refractivity contribution in [2.75, 3.05) is 19.8 Å². The van der Waals surface area contributed by atoms with Crippen molar-refractivity contribution in [1.82, 2.24) is 0 Å². The van der Waals surface area contributed by atoms with Crippen LogP contribution < -0.4 is 28.7 Å². The van der Waals surface area contributed by atoms with E-state index in [2.05, 4.69) is 0 Å². The molecule has 1 aliphatic carbocycles. The number of nitrogens with two attached hydrogens (primary N) is 5. The van der Waals surface area contributed by atoms with E-state index in [0.29, 0.717) is 0 Å². The zero-order chi connectivity index (χ0) is 31.0. The highest BCUT2D eigenvalue weighted by Crippen LogP contribution is 2.34. The fourth-order valence-electron chi connectivity index (χ4n) is 5.70. The predicted octanol–water partition coefficient (Wildman–Crippen LogP) is -8.86. The molecule has 246 valence electrons. The third-order valence-corrected chi connectivity index (χ3v) is 8.32. The molecule has 19 heteroatoms. The van der Waals surface area contributed by atoms with Crippen LogP contribution in [0, 0.1) is 0 Å². The monoisotopic (exact) mass is 615 g/mol. The zero-order valence-corrected chi connectivity index (χ0v) is 22.7. The van der Waals surface area contributed by atoms with Gasteiger partial charge in [-0.3, -0.25) is 0 Å². The van der Waals surface area contributed by atoms with Crippen molar-refractivity contribution in [3.05, 3.63) is 0 Å². The van der Waals surface area contributed by atoms with Crippen molar-refractivity contribution in [1.29, 1.82) is 0 Å². The lowest BCUT2D eigenvalue weighted by Crippen LogP contribution is -2.68. The average Bonchev–Trinajstić information content (AvgIpc) is 3.27. The fourth-order valence-corrected chi connectivity index (χ4v) is 5.70. The van der Waals surface area contributed by atoms with Gasteiger partial charge in [0.15, 0.2) is 18.9 Å². The Morgan fingerprint density at radius 3 is 1.55 bits per heavy atom. The molecule has 0 aromatic carbocycles. The van der Waals surface area contributed by atoms with Gasteiger partial charge in [0.05, 0.1) is 31.4 Å². The summed E-state index contributed by atoms with van der Waals surface area (Å²) in [6.45, 7) is -1.49. The van der Waals surface area contributed by atoms with E-state index in [0.717, 1.165) is 0 Å². The third-order valence-electron chi connectivity index (χ3n) is 8.32. The summed E-state index contributed by atoms with van der Waals surface area (Å²) in [6, 6.07) is -4.30. The molecule has 0 aromatic heterocycles. The quantitative estimate of drug-likeness (QED) is 0.114. The number of rotatable bonds is 9. The molecule has 3 heterocycles. The Morgan fingerprint density at radius 2 is 1.00 bits per heavy atom. The lowest BCUT2D eigenvalue weighted by molar-refractivity contribution is -0.310. The van der Waals surface area contributed by atoms with Gasteiger partial charge in [0.2, 0.25) is 0 Å². The van der Waals surface area contributed by atoms with Gasteiger partial charge in [0.1, 0.15) is 67.1 Å². The van der Waals surface area contributed by atoms with Crippen LogP contribution in [-0.4, -0.2) is 177 Å². The number of aliphatic hydroxyl groups excluding tert-OH is 8. The lowest BCUT2D eigenvalue weighted by atomic mass is 9.84. The van der Waals surface area contributed by atoms with Crippen LogP contribution in [0.2, 0.25) is 0 Å². The molecule has 4 rings (SSSR count). The first kappa shape index (κ1) is 34.1. The molecule has 1 saturated carbocycles. The normalized spacial score (nSPS) is 53.8. The molecule has 4 fully saturated rings. The van der Waals surface area contributed by atoms with Gasteiger partial charge >= 0.3 is 0 Å². The van der Waals surface area contributed by atoms with Gasteiger partial charge in [-0.25, -0.2) is 0 Å². The smallest absolute Gasteiger partial charge is 0.187 e. The molecule has 0 bridgehead atoms. The fraction of sp³-hybridized carbons (Fsp3) is 1.00. The highest BCUT2D eigenvalue weighted by atomic mass is 16.8. The Balaban J connectivity index is 1.50. The minimum Gasteiger partial charge on any atom is -0.394 e. The van der Waals surface area contributed by atoms with Gasteiger partial charge in [-0.1, -0.05) is 0 Å². The minimum absolute atomic E-state index is 0.0642. The summed E-state index contributed by atoms with van der Waals surface area (Å²) < 4.78 is 34.4. The topological polar surface area (TPSA) is 347 Å². The van der Waals surface area contributed by atoms with E-state index >= 15 is 0 Å². The third kappa shape index (κ3) is 6.60. The van der Waals surface area contributed by atoms with E-state index in [1.807, 2.05) is 0 Å². The van der Waals surface area contributed by atoms with E-state index < -0.39 is 129 Å². The summed E-state index contributed by atoms with van der Waals surface area (Å²) in [7, 11) is 0. The molecular formula is C23H45N5O14. The molecule has 19 nitrogen and oxygen atoms in total. The van der Waals surface area contributed by atoms with Crippen molar-refractivity contribution in [2.45, 2.75) is 123 Å². The highest BCUT2D eigenvalue weighted by Gasteiger charge is 2.54. The maximum Gasteiger partial charge on any atom is 0.187 e. The number of hydrogen-bond acceptors (Lipinski definition) is 19. The van der Waals surface area contributed by atoms with Gasteiger partial charge in [-0.15, -0.1) is 0 Å². The van der Waals surface area contributed by atoms with Gasteiger partial charge in [-0.05, 0) is 6.42 Å². The molecule has 7 unspecified atom stereocenters. The molecule has 0 spiro atoms. The van der Waals surface area contributed by atoms with Crippen LogP contribution in [0.4, 0.5) is 0 Å². The summed E-state index contributed by atoms with van der Waals surface area (Å²) in [6.07, 6.45) is -20.5. The van der Waals surface area contributed by atoms with Crippen LogP contribution in [-0.2, 0) is 28.4 Å². The second-order valence-corrected chi connectivity index (χ2v) is 11.2.